The Morgan fingerprint density at radius 1 is 1.50 bits per heavy atom. The van der Waals surface area contributed by atoms with Gasteiger partial charge in [0.05, 0.1) is 6.61 Å². The van der Waals surface area contributed by atoms with Crippen LogP contribution in [0.1, 0.15) is 23.0 Å². The maximum atomic E-state index is 12.0. The third-order valence-corrected chi connectivity index (χ3v) is 3.39. The van der Waals surface area contributed by atoms with Crippen molar-refractivity contribution in [3.8, 4) is 5.69 Å². The minimum Gasteiger partial charge on any atom is -0.423 e. The van der Waals surface area contributed by atoms with Crippen molar-refractivity contribution < 1.29 is 14.5 Å². The molecule has 5 nitrogen and oxygen atoms in total. The summed E-state index contributed by atoms with van der Waals surface area (Å²) in [7, 11) is -0.881. The number of rotatable bonds is 3. The lowest BCUT2D eigenvalue weighted by atomic mass is 9.79. The van der Waals surface area contributed by atoms with Crippen molar-refractivity contribution in [1.29, 1.82) is 0 Å². The second-order valence-corrected chi connectivity index (χ2v) is 4.67. The molecule has 1 amide bonds. The summed E-state index contributed by atoms with van der Waals surface area (Å²) >= 11 is 0. The number of aromatic nitrogens is 1. The maximum Gasteiger partial charge on any atom is 0.491 e. The number of nitrogens with one attached hydrogen (secondary N) is 1. The second-order valence-electron chi connectivity index (χ2n) is 4.67. The van der Waals surface area contributed by atoms with Crippen molar-refractivity contribution in [3.05, 3.63) is 47.8 Å². The van der Waals surface area contributed by atoms with Crippen molar-refractivity contribution in [2.45, 2.75) is 13.5 Å². The van der Waals surface area contributed by atoms with Gasteiger partial charge in [-0.15, -0.1) is 0 Å². The molecule has 0 spiro atoms. The van der Waals surface area contributed by atoms with Crippen LogP contribution in [0.2, 0.25) is 0 Å². The van der Waals surface area contributed by atoms with Crippen molar-refractivity contribution in [2.24, 2.45) is 0 Å². The molecule has 1 aliphatic rings. The van der Waals surface area contributed by atoms with Crippen LogP contribution in [-0.2, 0) is 11.3 Å². The number of hydrogen-bond donors (Lipinski definition) is 2. The van der Waals surface area contributed by atoms with E-state index < -0.39 is 7.12 Å². The lowest BCUT2D eigenvalue weighted by Gasteiger charge is -2.10. The van der Waals surface area contributed by atoms with Crippen LogP contribution in [0.15, 0.2) is 36.5 Å². The van der Waals surface area contributed by atoms with Gasteiger partial charge in [-0.2, -0.15) is 0 Å². The molecule has 0 radical (unpaired) electrons. The third kappa shape index (κ3) is 2.13. The average molecular weight is 270 g/mol. The molecule has 0 unspecified atom stereocenters. The van der Waals surface area contributed by atoms with Crippen LogP contribution in [-0.4, -0.2) is 29.2 Å². The predicted molar refractivity (Wildman–Crippen MR) is 76.2 cm³/mol. The first-order valence-corrected chi connectivity index (χ1v) is 6.59. The summed E-state index contributed by atoms with van der Waals surface area (Å²) in [5.74, 6) is -0.116. The van der Waals surface area contributed by atoms with Crippen LogP contribution in [0.4, 0.5) is 0 Å². The van der Waals surface area contributed by atoms with Crippen LogP contribution in [0, 0.1) is 0 Å². The topological polar surface area (TPSA) is 63.5 Å². The first-order valence-electron chi connectivity index (χ1n) is 6.59. The molecule has 102 valence electrons. The Hall–Kier alpha value is -2.05. The van der Waals surface area contributed by atoms with Gasteiger partial charge in [0.1, 0.15) is 5.69 Å². The molecule has 1 aliphatic heterocycles. The molecular formula is C14H15BN2O3. The largest absolute Gasteiger partial charge is 0.491 e. The zero-order valence-electron chi connectivity index (χ0n) is 11.2. The van der Waals surface area contributed by atoms with Gasteiger partial charge in [0.15, 0.2) is 0 Å². The Morgan fingerprint density at radius 3 is 3.15 bits per heavy atom. The molecule has 2 heterocycles. The van der Waals surface area contributed by atoms with Gasteiger partial charge in [-0.05, 0) is 42.2 Å². The number of fused-ring (bicyclic) bond motifs is 1. The van der Waals surface area contributed by atoms with Gasteiger partial charge in [-0.25, -0.2) is 0 Å². The average Bonchev–Trinajstić information content (AvgIpc) is 3.06. The van der Waals surface area contributed by atoms with Crippen LogP contribution in [0.3, 0.4) is 0 Å². The SMILES string of the molecule is CCNC(=O)c1cccn1-c1ccc2c(c1)B(O)OC2. The molecule has 1 aromatic carbocycles. The predicted octanol–water partition coefficient (Wildman–Crippen LogP) is 0.445. The molecule has 0 aliphatic carbocycles. The third-order valence-electron chi connectivity index (χ3n) is 3.39. The summed E-state index contributed by atoms with van der Waals surface area (Å²) in [5, 5.41) is 12.5. The molecule has 2 N–H and O–H groups in total. The highest BCUT2D eigenvalue weighted by Crippen LogP contribution is 2.16. The highest BCUT2D eigenvalue weighted by molar-refractivity contribution is 6.61. The van der Waals surface area contributed by atoms with Gasteiger partial charge in [0, 0.05) is 18.4 Å². The van der Waals surface area contributed by atoms with Crippen molar-refractivity contribution in [3.63, 3.8) is 0 Å². The summed E-state index contributed by atoms with van der Waals surface area (Å²) < 4.78 is 6.98. The lowest BCUT2D eigenvalue weighted by Crippen LogP contribution is -2.29. The van der Waals surface area contributed by atoms with Crippen molar-refractivity contribution in [1.82, 2.24) is 9.88 Å². The van der Waals surface area contributed by atoms with E-state index in [9.17, 15) is 9.82 Å². The number of carbonyl (C=O) groups is 1. The Labute approximate surface area is 117 Å². The standard InChI is InChI=1S/C14H15BN2O3/c1-2-16-14(18)13-4-3-7-17(13)11-6-5-10-9-20-15(19)12(10)8-11/h3-8,19H,2,9H2,1H3,(H,16,18). The van der Waals surface area contributed by atoms with E-state index >= 15 is 0 Å². The number of nitrogens with zero attached hydrogens (tertiary/aromatic N) is 1. The lowest BCUT2D eigenvalue weighted by molar-refractivity contribution is 0.0949. The van der Waals surface area contributed by atoms with Gasteiger partial charge in [-0.1, -0.05) is 6.07 Å². The molecule has 0 atom stereocenters. The Morgan fingerprint density at radius 2 is 2.35 bits per heavy atom. The second kappa shape index (κ2) is 5.15. The van der Waals surface area contributed by atoms with E-state index in [0.717, 1.165) is 16.7 Å². The normalized spacial score (nSPS) is 13.4. The molecule has 6 heteroatoms. The van der Waals surface area contributed by atoms with Gasteiger partial charge in [0.2, 0.25) is 0 Å². The number of hydrogen-bond acceptors (Lipinski definition) is 3. The van der Waals surface area contributed by atoms with E-state index in [2.05, 4.69) is 5.32 Å². The van der Waals surface area contributed by atoms with Gasteiger partial charge in [0.25, 0.3) is 5.91 Å². The molecule has 20 heavy (non-hydrogen) atoms. The number of benzene rings is 1. The highest BCUT2D eigenvalue weighted by atomic mass is 16.5. The first-order chi connectivity index (χ1) is 9.70. The Balaban J connectivity index is 2.00. The fraction of sp³-hybridized carbons (Fsp3) is 0.214. The summed E-state index contributed by atoms with van der Waals surface area (Å²) in [6, 6.07) is 9.29. The van der Waals surface area contributed by atoms with Crippen LogP contribution < -0.4 is 10.8 Å². The molecule has 0 bridgehead atoms. The number of carbonyl (C=O) groups excluding carboxylic acids is 1. The van der Waals surface area contributed by atoms with E-state index in [1.807, 2.05) is 37.4 Å². The van der Waals surface area contributed by atoms with Crippen molar-refractivity contribution >= 4 is 18.5 Å². The monoisotopic (exact) mass is 270 g/mol. The Kier molecular flexibility index (Phi) is 3.34. The number of amides is 1. The van der Waals surface area contributed by atoms with Gasteiger partial charge >= 0.3 is 7.12 Å². The van der Waals surface area contributed by atoms with E-state index in [1.165, 1.54) is 0 Å². The molecule has 0 saturated carbocycles. The van der Waals surface area contributed by atoms with Crippen molar-refractivity contribution in [2.75, 3.05) is 6.54 Å². The Bertz CT molecular complexity index is 654. The molecule has 0 saturated heterocycles. The fourth-order valence-corrected chi connectivity index (χ4v) is 2.39. The first kappa shape index (κ1) is 13.0. The van der Waals surface area contributed by atoms with E-state index in [0.29, 0.717) is 18.8 Å². The van der Waals surface area contributed by atoms with Crippen LogP contribution in [0.5, 0.6) is 0 Å². The van der Waals surface area contributed by atoms with Crippen LogP contribution >= 0.6 is 0 Å². The smallest absolute Gasteiger partial charge is 0.423 e. The molecule has 2 aromatic rings. The summed E-state index contributed by atoms with van der Waals surface area (Å²) in [6.07, 6.45) is 1.83. The minimum atomic E-state index is -0.881. The van der Waals surface area contributed by atoms with Gasteiger partial charge < -0.3 is 19.6 Å². The zero-order valence-corrected chi connectivity index (χ0v) is 11.2. The molecule has 1 aromatic heterocycles. The van der Waals surface area contributed by atoms with E-state index in [-0.39, 0.29) is 5.91 Å². The molecule has 3 rings (SSSR count). The summed E-state index contributed by atoms with van der Waals surface area (Å²) in [5.41, 5.74) is 3.14. The minimum absolute atomic E-state index is 0.116. The summed E-state index contributed by atoms with van der Waals surface area (Å²) in [6.45, 7) is 2.89. The summed E-state index contributed by atoms with van der Waals surface area (Å²) in [4.78, 5) is 12.0. The molecule has 0 fully saturated rings. The van der Waals surface area contributed by atoms with E-state index in [4.69, 9.17) is 4.65 Å². The maximum absolute atomic E-state index is 12.0. The highest BCUT2D eigenvalue weighted by Gasteiger charge is 2.27. The molecular weight excluding hydrogens is 255 g/mol. The quantitative estimate of drug-likeness (QED) is 0.796. The van der Waals surface area contributed by atoms with Gasteiger partial charge in [-0.3, -0.25) is 4.79 Å². The van der Waals surface area contributed by atoms with E-state index in [1.54, 1.807) is 10.6 Å². The van der Waals surface area contributed by atoms with Crippen LogP contribution in [0.25, 0.3) is 5.69 Å². The zero-order chi connectivity index (χ0) is 14.1. The fourth-order valence-electron chi connectivity index (χ4n) is 2.39.